The van der Waals surface area contributed by atoms with E-state index in [4.69, 9.17) is 0 Å². The summed E-state index contributed by atoms with van der Waals surface area (Å²) in [4.78, 5) is 20.4. The molecule has 0 saturated heterocycles. The Balaban J connectivity index is 2.05. The molecule has 2 aliphatic carbocycles. The molecule has 92 valence electrons. The number of carbonyl (C=O) groups is 1. The van der Waals surface area contributed by atoms with Crippen LogP contribution in [0.15, 0.2) is 56.1 Å². The molecule has 18 heavy (non-hydrogen) atoms. The van der Waals surface area contributed by atoms with Crippen LogP contribution in [-0.4, -0.2) is 29.4 Å². The van der Waals surface area contributed by atoms with Crippen LogP contribution in [0, 0.1) is 0 Å². The van der Waals surface area contributed by atoms with Crippen molar-refractivity contribution >= 4 is 35.9 Å². The zero-order chi connectivity index (χ0) is 12.9. The third-order valence-electron chi connectivity index (χ3n) is 3.48. The summed E-state index contributed by atoms with van der Waals surface area (Å²) < 4.78 is 1.56. The third-order valence-corrected chi connectivity index (χ3v) is 10.6. The number of hydrogen-bond donors (Lipinski definition) is 0. The summed E-state index contributed by atoms with van der Waals surface area (Å²) in [6.45, 7) is 0. The van der Waals surface area contributed by atoms with Gasteiger partial charge in [0.1, 0.15) is 0 Å². The van der Waals surface area contributed by atoms with Crippen LogP contribution in [0.4, 0.5) is 0 Å². The van der Waals surface area contributed by atoms with Gasteiger partial charge in [0.05, 0.1) is 0 Å². The van der Waals surface area contributed by atoms with E-state index in [9.17, 15) is 4.79 Å². The van der Waals surface area contributed by atoms with Crippen molar-refractivity contribution in [2.24, 2.45) is 0 Å². The van der Waals surface area contributed by atoms with Gasteiger partial charge in [-0.1, -0.05) is 0 Å². The minimum absolute atomic E-state index is 0.165. The van der Waals surface area contributed by atoms with E-state index in [1.165, 1.54) is 5.57 Å². The Kier molecular flexibility index (Phi) is 2.98. The molecule has 0 aromatic carbocycles. The average Bonchev–Trinajstić information content (AvgIpc) is 2.66. The van der Waals surface area contributed by atoms with Crippen LogP contribution < -0.4 is 0 Å². The van der Waals surface area contributed by atoms with Crippen molar-refractivity contribution in [2.45, 2.75) is 20.1 Å². The summed E-state index contributed by atoms with van der Waals surface area (Å²) >= 11 is -0.172. The summed E-state index contributed by atoms with van der Waals surface area (Å²) in [6, 6.07) is 0. The first-order chi connectivity index (χ1) is 8.47. The molecule has 1 nitrogen and oxygen atoms in total. The first kappa shape index (κ1) is 12.5. The Bertz CT molecular complexity index is 582. The van der Waals surface area contributed by atoms with Crippen molar-refractivity contribution in [3.63, 3.8) is 0 Å². The maximum absolute atomic E-state index is 12.0. The van der Waals surface area contributed by atoms with E-state index in [1.54, 1.807) is 9.67 Å². The Morgan fingerprint density at radius 2 is 1.94 bits per heavy atom. The molecule has 0 amide bonds. The van der Waals surface area contributed by atoms with E-state index in [0.717, 1.165) is 10.5 Å². The molecule has 0 fully saturated rings. The number of ketones is 1. The monoisotopic (exact) mass is 364 g/mol. The van der Waals surface area contributed by atoms with Crippen molar-refractivity contribution in [3.05, 3.63) is 56.1 Å². The van der Waals surface area contributed by atoms with Crippen LogP contribution in [0.1, 0.15) is 0 Å². The van der Waals surface area contributed by atoms with E-state index in [1.807, 2.05) is 17.8 Å². The molecule has 1 unspecified atom stereocenters. The molecule has 3 heteroatoms. The number of allylic oxidation sites excluding steroid dienone is 7. The van der Waals surface area contributed by atoms with E-state index in [2.05, 4.69) is 39.1 Å². The summed E-state index contributed by atoms with van der Waals surface area (Å²) in [5.41, 5.74) is 2.14. The SMILES string of the molecule is [CH3][Sn]([CH3])([CH3])[C]1=CC2SC3=CC=CC(=O)C3=C2C=C1. The zero-order valence-corrected chi connectivity index (χ0v) is 14.5. The van der Waals surface area contributed by atoms with Crippen molar-refractivity contribution in [1.82, 2.24) is 0 Å². The third kappa shape index (κ3) is 1.99. The van der Waals surface area contributed by atoms with E-state index < -0.39 is 18.4 Å². The van der Waals surface area contributed by atoms with Gasteiger partial charge >= 0.3 is 117 Å². The predicted octanol–water partition coefficient (Wildman–Crippen LogP) is 3.79. The van der Waals surface area contributed by atoms with Gasteiger partial charge in [-0.3, -0.25) is 0 Å². The van der Waals surface area contributed by atoms with Crippen molar-refractivity contribution < 1.29 is 4.79 Å². The first-order valence-electron chi connectivity index (χ1n) is 6.21. The zero-order valence-electron chi connectivity index (χ0n) is 10.9. The molecule has 0 N–H and O–H groups in total. The van der Waals surface area contributed by atoms with Crippen molar-refractivity contribution in [3.8, 4) is 0 Å². The topological polar surface area (TPSA) is 17.1 Å². The quantitative estimate of drug-likeness (QED) is 0.660. The number of thioether (sulfide) groups is 1. The average molecular weight is 363 g/mol. The van der Waals surface area contributed by atoms with Gasteiger partial charge in [0.2, 0.25) is 0 Å². The van der Waals surface area contributed by atoms with Gasteiger partial charge in [-0.15, -0.1) is 0 Å². The van der Waals surface area contributed by atoms with Gasteiger partial charge in [0.15, 0.2) is 0 Å². The van der Waals surface area contributed by atoms with E-state index in [0.29, 0.717) is 5.25 Å². The second kappa shape index (κ2) is 4.27. The van der Waals surface area contributed by atoms with Crippen molar-refractivity contribution in [1.29, 1.82) is 0 Å². The summed E-state index contributed by atoms with van der Waals surface area (Å²) in [6.07, 6.45) is 12.4. The van der Waals surface area contributed by atoms with Crippen LogP contribution in [0.5, 0.6) is 0 Å². The van der Waals surface area contributed by atoms with Gasteiger partial charge < -0.3 is 0 Å². The standard InChI is InChI=1S/C12H7OS.3CH3.Sn/c13-9-5-3-7-11-12(9)8-4-1-2-6-10(8)14-11;;;;/h1,3-7,10H;3*1H3;. The molecule has 0 radical (unpaired) electrons. The van der Waals surface area contributed by atoms with Crippen LogP contribution in [0.25, 0.3) is 0 Å². The number of carbonyl (C=O) groups excluding carboxylic acids is 1. The van der Waals surface area contributed by atoms with Gasteiger partial charge in [-0.2, -0.15) is 0 Å². The summed E-state index contributed by atoms with van der Waals surface area (Å²) in [7, 11) is 0. The fraction of sp³-hybridized carbons (Fsp3) is 0.267. The minimum atomic E-state index is -1.99. The molecule has 3 aliphatic rings. The van der Waals surface area contributed by atoms with Crippen LogP contribution in [0.3, 0.4) is 0 Å². The molecule has 0 spiro atoms. The molecular formula is C15H16OSSn. The molecule has 1 atom stereocenters. The molecule has 1 heterocycles. The van der Waals surface area contributed by atoms with E-state index in [-0.39, 0.29) is 5.78 Å². The second-order valence-electron chi connectivity index (χ2n) is 5.83. The fourth-order valence-electron chi connectivity index (χ4n) is 2.44. The van der Waals surface area contributed by atoms with Gasteiger partial charge in [-0.25, -0.2) is 0 Å². The number of rotatable bonds is 1. The molecule has 0 aromatic rings. The molecular weight excluding hydrogens is 347 g/mol. The predicted molar refractivity (Wildman–Crippen MR) is 81.2 cm³/mol. The summed E-state index contributed by atoms with van der Waals surface area (Å²) in [5.74, 6) is 0.165. The Morgan fingerprint density at radius 1 is 1.17 bits per heavy atom. The Labute approximate surface area is 116 Å². The van der Waals surface area contributed by atoms with Crippen molar-refractivity contribution in [2.75, 3.05) is 0 Å². The first-order valence-corrected chi connectivity index (χ1v) is 17.1. The van der Waals surface area contributed by atoms with Gasteiger partial charge in [0, 0.05) is 0 Å². The van der Waals surface area contributed by atoms with Crippen LogP contribution in [-0.2, 0) is 4.79 Å². The normalized spacial score (nSPS) is 25.9. The second-order valence-corrected chi connectivity index (χ2v) is 21.5. The van der Waals surface area contributed by atoms with Gasteiger partial charge in [0.25, 0.3) is 0 Å². The molecule has 0 bridgehead atoms. The number of hydrogen-bond acceptors (Lipinski definition) is 2. The molecule has 3 rings (SSSR count). The number of fused-ring (bicyclic) bond motifs is 2. The fourth-order valence-corrected chi connectivity index (χ4v) is 7.65. The molecule has 0 aromatic heterocycles. The Hall–Kier alpha value is -0.481. The summed E-state index contributed by atoms with van der Waals surface area (Å²) in [5, 5.41) is 0.367. The molecule has 0 saturated carbocycles. The van der Waals surface area contributed by atoms with Crippen LogP contribution in [0.2, 0.25) is 14.8 Å². The molecule has 1 aliphatic heterocycles. The van der Waals surface area contributed by atoms with Crippen LogP contribution >= 0.6 is 11.8 Å². The maximum atomic E-state index is 12.0. The van der Waals surface area contributed by atoms with Gasteiger partial charge in [-0.05, 0) is 0 Å². The Morgan fingerprint density at radius 3 is 2.67 bits per heavy atom. The van der Waals surface area contributed by atoms with E-state index >= 15 is 0 Å².